The Hall–Kier alpha value is -1.99. The van der Waals surface area contributed by atoms with Gasteiger partial charge in [-0.15, -0.1) is 0 Å². The molecule has 118 valence electrons. The summed E-state index contributed by atoms with van der Waals surface area (Å²) in [5.74, 6) is 0.711. The normalized spacial score (nSPS) is 17.7. The van der Waals surface area contributed by atoms with Crippen LogP contribution in [-0.4, -0.2) is 32.2 Å². The third-order valence-corrected chi connectivity index (χ3v) is 4.46. The number of aromatic nitrogens is 4. The van der Waals surface area contributed by atoms with Crippen LogP contribution >= 0.6 is 15.9 Å². The molecule has 4 rings (SSSR count). The molecule has 6 nitrogen and oxygen atoms in total. The minimum atomic E-state index is 0.255. The number of benzene rings is 1. The van der Waals surface area contributed by atoms with E-state index in [4.69, 9.17) is 4.74 Å². The number of rotatable bonds is 4. The molecule has 1 N–H and O–H groups in total. The van der Waals surface area contributed by atoms with E-state index in [1.165, 1.54) is 0 Å². The number of hydrogen-bond acceptors (Lipinski definition) is 5. The monoisotopic (exact) mass is 373 g/mol. The Bertz CT molecular complexity index is 811. The van der Waals surface area contributed by atoms with Gasteiger partial charge in [0, 0.05) is 16.8 Å². The van der Waals surface area contributed by atoms with Crippen LogP contribution in [0, 0.1) is 0 Å². The molecule has 1 atom stereocenters. The number of imidazole rings is 1. The summed E-state index contributed by atoms with van der Waals surface area (Å²) in [7, 11) is 0. The minimum Gasteiger partial charge on any atom is -0.376 e. The molecule has 23 heavy (non-hydrogen) atoms. The zero-order chi connectivity index (χ0) is 15.6. The minimum absolute atomic E-state index is 0.255. The van der Waals surface area contributed by atoms with E-state index in [2.05, 4.69) is 36.2 Å². The maximum atomic E-state index is 5.70. The molecular formula is C16H16BrN5O. The number of hydrogen-bond donors (Lipinski definition) is 1. The summed E-state index contributed by atoms with van der Waals surface area (Å²) < 4.78 is 8.78. The Kier molecular flexibility index (Phi) is 3.97. The fourth-order valence-electron chi connectivity index (χ4n) is 2.78. The Morgan fingerprint density at radius 2 is 2.09 bits per heavy atom. The van der Waals surface area contributed by atoms with Crippen LogP contribution in [0.5, 0.6) is 0 Å². The molecule has 3 aromatic rings. The van der Waals surface area contributed by atoms with E-state index >= 15 is 0 Å². The van der Waals surface area contributed by atoms with E-state index in [-0.39, 0.29) is 6.10 Å². The first kappa shape index (κ1) is 14.6. The standard InChI is InChI=1S/C16H16BrN5O/c17-11-3-5-12(6-4-11)21-15-14-16(19-9-18-15)22(10-20-14)8-13-2-1-7-23-13/h3-6,9-10,13H,1-2,7-8H2,(H,18,19,21). The van der Waals surface area contributed by atoms with Crippen molar-refractivity contribution in [2.45, 2.75) is 25.5 Å². The highest BCUT2D eigenvalue weighted by atomic mass is 79.9. The topological polar surface area (TPSA) is 64.9 Å². The molecule has 1 aliphatic heterocycles. The molecule has 1 aliphatic rings. The van der Waals surface area contributed by atoms with Gasteiger partial charge in [-0.3, -0.25) is 0 Å². The van der Waals surface area contributed by atoms with Gasteiger partial charge in [0.1, 0.15) is 6.33 Å². The van der Waals surface area contributed by atoms with Crippen molar-refractivity contribution in [3.8, 4) is 0 Å². The molecule has 1 aromatic carbocycles. The Morgan fingerprint density at radius 1 is 1.22 bits per heavy atom. The van der Waals surface area contributed by atoms with Gasteiger partial charge in [0.25, 0.3) is 0 Å². The van der Waals surface area contributed by atoms with Crippen LogP contribution in [0.2, 0.25) is 0 Å². The summed E-state index contributed by atoms with van der Waals surface area (Å²) in [6.45, 7) is 1.63. The molecule has 1 fully saturated rings. The van der Waals surface area contributed by atoms with E-state index in [0.29, 0.717) is 5.82 Å². The van der Waals surface area contributed by atoms with Crippen LogP contribution in [-0.2, 0) is 11.3 Å². The van der Waals surface area contributed by atoms with Crippen LogP contribution in [0.1, 0.15) is 12.8 Å². The summed E-state index contributed by atoms with van der Waals surface area (Å²) in [5, 5.41) is 3.30. The van der Waals surface area contributed by atoms with Crippen LogP contribution < -0.4 is 5.32 Å². The summed E-state index contributed by atoms with van der Waals surface area (Å²) in [5.41, 5.74) is 2.56. The van der Waals surface area contributed by atoms with Gasteiger partial charge in [0.2, 0.25) is 0 Å². The number of nitrogens with one attached hydrogen (secondary N) is 1. The van der Waals surface area contributed by atoms with E-state index in [0.717, 1.165) is 47.3 Å². The van der Waals surface area contributed by atoms with Gasteiger partial charge in [0.15, 0.2) is 17.0 Å². The molecule has 0 aliphatic carbocycles. The molecule has 0 saturated carbocycles. The molecule has 3 heterocycles. The molecule has 0 amide bonds. The van der Waals surface area contributed by atoms with Crippen LogP contribution in [0.3, 0.4) is 0 Å². The van der Waals surface area contributed by atoms with Crippen molar-refractivity contribution in [3.63, 3.8) is 0 Å². The van der Waals surface area contributed by atoms with Crippen LogP contribution in [0.15, 0.2) is 41.4 Å². The lowest BCUT2D eigenvalue weighted by Crippen LogP contribution is -2.14. The highest BCUT2D eigenvalue weighted by Gasteiger charge is 2.18. The van der Waals surface area contributed by atoms with Crippen molar-refractivity contribution in [3.05, 3.63) is 41.4 Å². The second-order valence-corrected chi connectivity index (χ2v) is 6.47. The molecule has 1 unspecified atom stereocenters. The summed E-state index contributed by atoms with van der Waals surface area (Å²) in [4.78, 5) is 13.2. The molecule has 2 aromatic heterocycles. The summed E-state index contributed by atoms with van der Waals surface area (Å²) in [6.07, 6.45) is 5.85. The highest BCUT2D eigenvalue weighted by molar-refractivity contribution is 9.10. The van der Waals surface area contributed by atoms with Gasteiger partial charge in [0.05, 0.1) is 19.0 Å². The number of fused-ring (bicyclic) bond motifs is 1. The average molecular weight is 374 g/mol. The fourth-order valence-corrected chi connectivity index (χ4v) is 3.05. The third kappa shape index (κ3) is 3.07. The lowest BCUT2D eigenvalue weighted by molar-refractivity contribution is 0.0978. The first-order chi connectivity index (χ1) is 11.3. The van der Waals surface area contributed by atoms with E-state index in [1.807, 2.05) is 35.2 Å². The van der Waals surface area contributed by atoms with Gasteiger partial charge in [-0.1, -0.05) is 15.9 Å². The smallest absolute Gasteiger partial charge is 0.165 e. The molecule has 0 bridgehead atoms. The van der Waals surface area contributed by atoms with Gasteiger partial charge < -0.3 is 14.6 Å². The number of nitrogens with zero attached hydrogens (tertiary/aromatic N) is 4. The number of halogens is 1. The predicted molar refractivity (Wildman–Crippen MR) is 91.7 cm³/mol. The first-order valence-corrected chi connectivity index (χ1v) is 8.39. The first-order valence-electron chi connectivity index (χ1n) is 7.59. The molecule has 1 saturated heterocycles. The zero-order valence-corrected chi connectivity index (χ0v) is 14.0. The highest BCUT2D eigenvalue weighted by Crippen LogP contribution is 2.24. The van der Waals surface area contributed by atoms with E-state index in [1.54, 1.807) is 6.33 Å². The molecule has 7 heteroatoms. The summed E-state index contributed by atoms with van der Waals surface area (Å²) in [6, 6.07) is 7.94. The molecule has 0 spiro atoms. The molecule has 0 radical (unpaired) electrons. The van der Waals surface area contributed by atoms with Crippen LogP contribution in [0.4, 0.5) is 11.5 Å². The van der Waals surface area contributed by atoms with E-state index in [9.17, 15) is 0 Å². The largest absolute Gasteiger partial charge is 0.376 e. The zero-order valence-electron chi connectivity index (χ0n) is 12.4. The Balaban J connectivity index is 1.62. The number of ether oxygens (including phenoxy) is 1. The quantitative estimate of drug-likeness (QED) is 0.757. The fraction of sp³-hybridized carbons (Fsp3) is 0.312. The lowest BCUT2D eigenvalue weighted by atomic mass is 10.2. The van der Waals surface area contributed by atoms with Crippen molar-refractivity contribution in [2.75, 3.05) is 11.9 Å². The maximum absolute atomic E-state index is 5.70. The Morgan fingerprint density at radius 3 is 2.87 bits per heavy atom. The second-order valence-electron chi connectivity index (χ2n) is 5.56. The van der Waals surface area contributed by atoms with Crippen molar-refractivity contribution >= 4 is 38.6 Å². The van der Waals surface area contributed by atoms with Crippen molar-refractivity contribution in [2.24, 2.45) is 0 Å². The van der Waals surface area contributed by atoms with Gasteiger partial charge in [-0.2, -0.15) is 0 Å². The van der Waals surface area contributed by atoms with Crippen molar-refractivity contribution < 1.29 is 4.74 Å². The van der Waals surface area contributed by atoms with Crippen LogP contribution in [0.25, 0.3) is 11.2 Å². The third-order valence-electron chi connectivity index (χ3n) is 3.93. The number of anilines is 2. The molecular weight excluding hydrogens is 358 g/mol. The second kappa shape index (κ2) is 6.25. The van der Waals surface area contributed by atoms with Gasteiger partial charge in [-0.25, -0.2) is 15.0 Å². The van der Waals surface area contributed by atoms with Gasteiger partial charge in [-0.05, 0) is 37.1 Å². The SMILES string of the molecule is Brc1ccc(Nc2ncnc3c2ncn3CC2CCCO2)cc1. The average Bonchev–Trinajstić information content (AvgIpc) is 3.21. The van der Waals surface area contributed by atoms with Crippen molar-refractivity contribution in [1.29, 1.82) is 0 Å². The lowest BCUT2D eigenvalue weighted by Gasteiger charge is -2.10. The maximum Gasteiger partial charge on any atom is 0.165 e. The summed E-state index contributed by atoms with van der Waals surface area (Å²) >= 11 is 3.43. The Labute approximate surface area is 142 Å². The van der Waals surface area contributed by atoms with Gasteiger partial charge >= 0.3 is 0 Å². The van der Waals surface area contributed by atoms with Crippen molar-refractivity contribution in [1.82, 2.24) is 19.5 Å². The van der Waals surface area contributed by atoms with E-state index < -0.39 is 0 Å². The predicted octanol–water partition coefficient (Wildman–Crippen LogP) is 3.51.